The molecule has 0 aromatic rings. The minimum atomic E-state index is -0.950. The fourth-order valence-corrected chi connectivity index (χ4v) is 7.97. The van der Waals surface area contributed by atoms with Crippen molar-refractivity contribution in [3.8, 4) is 0 Å². The van der Waals surface area contributed by atoms with Gasteiger partial charge < -0.3 is 14.2 Å². The van der Waals surface area contributed by atoms with Gasteiger partial charge in [-0.05, 0) is 51.4 Å². The predicted molar refractivity (Wildman–Crippen MR) is 106 cm³/mol. The van der Waals surface area contributed by atoms with Gasteiger partial charge in [0, 0.05) is 25.7 Å². The fourth-order valence-electron chi connectivity index (χ4n) is 7.97. The van der Waals surface area contributed by atoms with Gasteiger partial charge in [0.2, 0.25) is 11.6 Å². The Morgan fingerprint density at radius 3 is 1.47 bits per heavy atom. The van der Waals surface area contributed by atoms with E-state index in [0.717, 1.165) is 77.0 Å². The maximum atomic E-state index is 14.2. The van der Waals surface area contributed by atoms with Crippen molar-refractivity contribution in [1.82, 2.24) is 0 Å². The number of carbonyl (C=O) groups is 2. The summed E-state index contributed by atoms with van der Waals surface area (Å²) in [6, 6.07) is 0. The summed E-state index contributed by atoms with van der Waals surface area (Å²) < 4.78 is 25.8. The molecule has 2 aliphatic heterocycles. The van der Waals surface area contributed by atoms with Crippen LogP contribution < -0.4 is 0 Å². The van der Waals surface area contributed by atoms with E-state index in [1.165, 1.54) is 0 Å². The highest BCUT2D eigenvalue weighted by Gasteiger charge is 2.81. The van der Waals surface area contributed by atoms with E-state index in [1.54, 1.807) is 0 Å². The molecule has 0 amide bonds. The molecule has 0 bridgehead atoms. The van der Waals surface area contributed by atoms with Crippen LogP contribution in [-0.4, -0.2) is 34.7 Å². The largest absolute Gasteiger partial charge is 0.433 e. The molecular formula is C24H34O6. The average Bonchev–Trinajstić information content (AvgIpc) is 3.48. The van der Waals surface area contributed by atoms with E-state index in [2.05, 4.69) is 0 Å². The number of rotatable bonds is 0. The highest BCUT2D eigenvalue weighted by atomic mass is 16.8. The number of hydrogen-bond acceptors (Lipinski definition) is 6. The molecule has 6 heteroatoms. The van der Waals surface area contributed by atoms with E-state index < -0.39 is 28.2 Å². The van der Waals surface area contributed by atoms with Crippen LogP contribution in [0.4, 0.5) is 0 Å². The van der Waals surface area contributed by atoms with Crippen LogP contribution in [0.5, 0.6) is 0 Å². The van der Waals surface area contributed by atoms with Crippen molar-refractivity contribution < 1.29 is 28.5 Å². The Morgan fingerprint density at radius 2 is 0.967 bits per heavy atom. The summed E-state index contributed by atoms with van der Waals surface area (Å²) in [5.74, 6) is -2.42. The zero-order chi connectivity index (χ0) is 20.5. The Balaban J connectivity index is 1.46. The smallest absolute Gasteiger partial charge is 0.321 e. The molecule has 0 radical (unpaired) electrons. The third-order valence-electron chi connectivity index (χ3n) is 9.21. The molecule has 4 saturated carbocycles. The molecular weight excluding hydrogens is 384 g/mol. The van der Waals surface area contributed by atoms with Gasteiger partial charge in [0.05, 0.1) is 17.6 Å². The topological polar surface area (TPSA) is 71.1 Å². The second-order valence-corrected chi connectivity index (χ2v) is 10.8. The number of hydrogen-bond donors (Lipinski definition) is 0. The Kier molecular flexibility index (Phi) is 4.20. The van der Waals surface area contributed by atoms with Crippen LogP contribution >= 0.6 is 0 Å². The molecule has 30 heavy (non-hydrogen) atoms. The SMILES string of the molecule is O=C1CC2(C(=O)OC3(CCCC3)OC3(CCCC3)O1)C1(CCCC1)OC21CCCC1. The first-order valence-electron chi connectivity index (χ1n) is 12.3. The number of fused-ring (bicyclic) bond motifs is 2. The fraction of sp³-hybridized carbons (Fsp3) is 0.917. The van der Waals surface area contributed by atoms with E-state index in [1.807, 2.05) is 0 Å². The van der Waals surface area contributed by atoms with Crippen LogP contribution in [-0.2, 0) is 28.5 Å². The van der Waals surface area contributed by atoms with Crippen LogP contribution in [0.3, 0.4) is 0 Å². The van der Waals surface area contributed by atoms with Gasteiger partial charge in [0.1, 0.15) is 5.41 Å². The van der Waals surface area contributed by atoms with Crippen LogP contribution in [0.15, 0.2) is 0 Å². The molecule has 166 valence electrons. The van der Waals surface area contributed by atoms with Crippen molar-refractivity contribution in [2.75, 3.05) is 0 Å². The Morgan fingerprint density at radius 1 is 0.533 bits per heavy atom. The molecule has 6 rings (SSSR count). The van der Waals surface area contributed by atoms with Crippen molar-refractivity contribution >= 4 is 11.9 Å². The van der Waals surface area contributed by atoms with E-state index >= 15 is 0 Å². The molecule has 0 aromatic carbocycles. The standard InChI is InChI=1S/C24H34O6/c25-18-17-24(20(9-1-2-10-20)29-21(24)11-3-4-12-21)19(26)28-23(15-7-8-16-23)30-22(27-18)13-5-6-14-22/h1-17H2. The minimum Gasteiger partial charge on any atom is -0.433 e. The zero-order valence-electron chi connectivity index (χ0n) is 18.0. The van der Waals surface area contributed by atoms with Crippen LogP contribution in [0.2, 0.25) is 0 Å². The van der Waals surface area contributed by atoms with E-state index in [-0.39, 0.29) is 18.4 Å². The van der Waals surface area contributed by atoms with Crippen LogP contribution in [0.1, 0.15) is 109 Å². The van der Waals surface area contributed by atoms with Gasteiger partial charge in [-0.3, -0.25) is 14.3 Å². The maximum absolute atomic E-state index is 14.2. The maximum Gasteiger partial charge on any atom is 0.321 e. The molecule has 0 aromatic heterocycles. The summed E-state index contributed by atoms with van der Waals surface area (Å²) in [5.41, 5.74) is -2.06. The summed E-state index contributed by atoms with van der Waals surface area (Å²) >= 11 is 0. The van der Waals surface area contributed by atoms with Crippen molar-refractivity contribution in [2.45, 2.75) is 132 Å². The summed E-state index contributed by atoms with van der Waals surface area (Å²) in [6.45, 7) is 0. The van der Waals surface area contributed by atoms with Gasteiger partial charge in [-0.15, -0.1) is 0 Å². The minimum absolute atomic E-state index is 0.0764. The highest BCUT2D eigenvalue weighted by molar-refractivity contribution is 5.88. The Bertz CT molecular complexity index is 711. The van der Waals surface area contributed by atoms with E-state index in [4.69, 9.17) is 18.9 Å². The Labute approximate surface area is 178 Å². The summed E-state index contributed by atoms with van der Waals surface area (Å²) in [5, 5.41) is 0. The second-order valence-electron chi connectivity index (χ2n) is 10.8. The highest BCUT2D eigenvalue weighted by Crippen LogP contribution is 2.71. The lowest BCUT2D eigenvalue weighted by Crippen LogP contribution is -2.78. The van der Waals surface area contributed by atoms with Crippen molar-refractivity contribution in [3.63, 3.8) is 0 Å². The number of carbonyl (C=O) groups excluding carboxylic acids is 2. The molecule has 4 aliphatic carbocycles. The molecule has 6 aliphatic rings. The second kappa shape index (κ2) is 6.44. The van der Waals surface area contributed by atoms with Gasteiger partial charge in [0.25, 0.3) is 0 Å². The number of esters is 2. The Hall–Kier alpha value is -1.14. The molecule has 6 nitrogen and oxygen atoms in total. The lowest BCUT2D eigenvalue weighted by molar-refractivity contribution is -0.375. The molecule has 6 fully saturated rings. The monoisotopic (exact) mass is 418 g/mol. The molecule has 0 N–H and O–H groups in total. The first kappa shape index (κ1) is 19.5. The summed E-state index contributed by atoms with van der Waals surface area (Å²) in [6.07, 6.45) is 14.2. The first-order chi connectivity index (χ1) is 14.5. The van der Waals surface area contributed by atoms with Crippen molar-refractivity contribution in [3.05, 3.63) is 0 Å². The van der Waals surface area contributed by atoms with Gasteiger partial charge >= 0.3 is 11.9 Å². The van der Waals surface area contributed by atoms with Crippen LogP contribution in [0.25, 0.3) is 0 Å². The third-order valence-corrected chi connectivity index (χ3v) is 9.21. The van der Waals surface area contributed by atoms with Gasteiger partial charge in [-0.1, -0.05) is 25.7 Å². The first-order valence-corrected chi connectivity index (χ1v) is 12.3. The molecule has 2 saturated heterocycles. The summed E-state index contributed by atoms with van der Waals surface area (Å²) in [4.78, 5) is 27.6. The lowest BCUT2D eigenvalue weighted by Gasteiger charge is -2.67. The quantitative estimate of drug-likeness (QED) is 0.532. The molecule has 0 atom stereocenters. The molecule has 0 unspecified atom stereocenters. The van der Waals surface area contributed by atoms with E-state index in [0.29, 0.717) is 25.7 Å². The molecule has 2 heterocycles. The number of ether oxygens (including phenoxy) is 4. The van der Waals surface area contributed by atoms with Gasteiger partial charge in [-0.25, -0.2) is 0 Å². The predicted octanol–water partition coefficient (Wildman–Crippen LogP) is 4.68. The third kappa shape index (κ3) is 2.44. The molecule has 5 spiro atoms. The van der Waals surface area contributed by atoms with Gasteiger partial charge in [0.15, 0.2) is 0 Å². The van der Waals surface area contributed by atoms with Gasteiger partial charge in [-0.2, -0.15) is 0 Å². The normalized spacial score (nSPS) is 34.8. The lowest BCUT2D eigenvalue weighted by atomic mass is 9.52. The van der Waals surface area contributed by atoms with Crippen molar-refractivity contribution in [2.24, 2.45) is 5.41 Å². The average molecular weight is 419 g/mol. The van der Waals surface area contributed by atoms with Crippen LogP contribution in [0, 0.1) is 5.41 Å². The summed E-state index contributed by atoms with van der Waals surface area (Å²) in [7, 11) is 0. The van der Waals surface area contributed by atoms with E-state index in [9.17, 15) is 9.59 Å². The zero-order valence-corrected chi connectivity index (χ0v) is 18.0. The van der Waals surface area contributed by atoms with Crippen molar-refractivity contribution in [1.29, 1.82) is 0 Å².